The van der Waals surface area contributed by atoms with Gasteiger partial charge in [-0.25, -0.2) is 0 Å². The second kappa shape index (κ2) is 4.19. The van der Waals surface area contributed by atoms with E-state index in [0.29, 0.717) is 0 Å². The Morgan fingerprint density at radius 2 is 2.33 bits per heavy atom. The first-order valence-corrected chi connectivity index (χ1v) is 5.47. The highest BCUT2D eigenvalue weighted by molar-refractivity contribution is 5.45. The Morgan fingerprint density at radius 3 is 2.93 bits per heavy atom. The zero-order chi connectivity index (χ0) is 10.8. The van der Waals surface area contributed by atoms with Crippen molar-refractivity contribution in [3.8, 4) is 0 Å². The van der Waals surface area contributed by atoms with Crippen LogP contribution in [0.5, 0.6) is 0 Å². The van der Waals surface area contributed by atoms with Gasteiger partial charge in [-0.15, -0.1) is 0 Å². The molecule has 0 bridgehead atoms. The number of aromatic nitrogens is 1. The van der Waals surface area contributed by atoms with E-state index in [2.05, 4.69) is 23.9 Å². The number of anilines is 1. The summed E-state index contributed by atoms with van der Waals surface area (Å²) in [7, 11) is 2.10. The molecule has 0 aliphatic heterocycles. The molecule has 2 rings (SSSR count). The molecule has 3 nitrogen and oxygen atoms in total. The molecule has 0 radical (unpaired) electrons. The number of hydrogen-bond donors (Lipinski definition) is 1. The fraction of sp³-hybridized carbons (Fsp3) is 0.583. The SMILES string of the molecule is CC1CC1CN(C)c1ccnc(CO)c1. The van der Waals surface area contributed by atoms with Crippen LogP contribution in [0.4, 0.5) is 5.69 Å². The highest BCUT2D eigenvalue weighted by Gasteiger charge is 2.33. The van der Waals surface area contributed by atoms with Crippen molar-refractivity contribution in [2.45, 2.75) is 20.0 Å². The van der Waals surface area contributed by atoms with E-state index in [1.165, 1.54) is 6.42 Å². The van der Waals surface area contributed by atoms with E-state index in [0.717, 1.165) is 29.8 Å². The van der Waals surface area contributed by atoms with Crippen LogP contribution >= 0.6 is 0 Å². The number of aliphatic hydroxyl groups excluding tert-OH is 1. The van der Waals surface area contributed by atoms with Crippen molar-refractivity contribution in [3.63, 3.8) is 0 Å². The van der Waals surface area contributed by atoms with Crippen molar-refractivity contribution >= 4 is 5.69 Å². The highest BCUT2D eigenvalue weighted by atomic mass is 16.3. The summed E-state index contributed by atoms with van der Waals surface area (Å²) in [5, 5.41) is 9.00. The van der Waals surface area contributed by atoms with Crippen LogP contribution in [-0.2, 0) is 6.61 Å². The van der Waals surface area contributed by atoms with Gasteiger partial charge in [-0.2, -0.15) is 0 Å². The smallest absolute Gasteiger partial charge is 0.0853 e. The molecule has 1 aromatic heterocycles. The van der Waals surface area contributed by atoms with Crippen molar-refractivity contribution < 1.29 is 5.11 Å². The maximum atomic E-state index is 9.00. The summed E-state index contributed by atoms with van der Waals surface area (Å²) < 4.78 is 0. The largest absolute Gasteiger partial charge is 0.390 e. The summed E-state index contributed by atoms with van der Waals surface area (Å²) >= 11 is 0. The zero-order valence-electron chi connectivity index (χ0n) is 9.35. The van der Waals surface area contributed by atoms with E-state index in [1.54, 1.807) is 6.20 Å². The van der Waals surface area contributed by atoms with Gasteiger partial charge in [0.25, 0.3) is 0 Å². The third kappa shape index (κ3) is 2.48. The Balaban J connectivity index is 2.00. The van der Waals surface area contributed by atoms with Crippen molar-refractivity contribution in [2.75, 3.05) is 18.5 Å². The predicted octanol–water partition coefficient (Wildman–Crippen LogP) is 1.67. The third-order valence-corrected chi connectivity index (χ3v) is 3.19. The lowest BCUT2D eigenvalue weighted by Crippen LogP contribution is -2.20. The fourth-order valence-electron chi connectivity index (χ4n) is 1.90. The molecule has 0 aromatic carbocycles. The van der Waals surface area contributed by atoms with Crippen molar-refractivity contribution in [2.24, 2.45) is 11.8 Å². The summed E-state index contributed by atoms with van der Waals surface area (Å²) in [4.78, 5) is 6.32. The number of hydrogen-bond acceptors (Lipinski definition) is 3. The minimum Gasteiger partial charge on any atom is -0.390 e. The molecular weight excluding hydrogens is 188 g/mol. The second-order valence-electron chi connectivity index (χ2n) is 4.52. The predicted molar refractivity (Wildman–Crippen MR) is 60.7 cm³/mol. The van der Waals surface area contributed by atoms with E-state index < -0.39 is 0 Å². The molecule has 2 unspecified atom stereocenters. The van der Waals surface area contributed by atoms with Crippen LogP contribution in [0, 0.1) is 11.8 Å². The number of pyridine rings is 1. The van der Waals surface area contributed by atoms with Crippen molar-refractivity contribution in [1.82, 2.24) is 4.98 Å². The molecule has 1 aliphatic carbocycles. The number of rotatable bonds is 4. The molecular formula is C12H18N2O. The Hall–Kier alpha value is -1.09. The molecule has 1 heterocycles. The maximum absolute atomic E-state index is 9.00. The van der Waals surface area contributed by atoms with Gasteiger partial charge in [-0.1, -0.05) is 6.92 Å². The van der Waals surface area contributed by atoms with E-state index in [9.17, 15) is 0 Å². The molecule has 1 N–H and O–H groups in total. The van der Waals surface area contributed by atoms with Crippen LogP contribution in [0.25, 0.3) is 0 Å². The average molecular weight is 206 g/mol. The lowest BCUT2D eigenvalue weighted by molar-refractivity contribution is 0.277. The van der Waals surface area contributed by atoms with E-state index in [1.807, 2.05) is 12.1 Å². The van der Waals surface area contributed by atoms with Crippen LogP contribution in [0.2, 0.25) is 0 Å². The summed E-state index contributed by atoms with van der Waals surface area (Å²) in [5.41, 5.74) is 1.89. The second-order valence-corrected chi connectivity index (χ2v) is 4.52. The standard InChI is InChI=1S/C12H18N2O/c1-9-5-10(9)7-14(2)12-3-4-13-11(6-12)8-15/h3-4,6,9-10,15H,5,7-8H2,1-2H3. The summed E-state index contributed by atoms with van der Waals surface area (Å²) in [6, 6.07) is 3.94. The Bertz CT molecular complexity index is 340. The third-order valence-electron chi connectivity index (χ3n) is 3.19. The Kier molecular flexibility index (Phi) is 2.91. The van der Waals surface area contributed by atoms with Gasteiger partial charge in [0.05, 0.1) is 12.3 Å². The van der Waals surface area contributed by atoms with E-state index >= 15 is 0 Å². The molecule has 0 spiro atoms. The summed E-state index contributed by atoms with van der Waals surface area (Å²) in [5.74, 6) is 1.73. The minimum atomic E-state index is 0.0154. The lowest BCUT2D eigenvalue weighted by atomic mass is 10.2. The molecule has 1 saturated carbocycles. The first kappa shape index (κ1) is 10.4. The van der Waals surface area contributed by atoms with Crippen molar-refractivity contribution in [3.05, 3.63) is 24.0 Å². The fourth-order valence-corrected chi connectivity index (χ4v) is 1.90. The molecule has 1 fully saturated rings. The molecule has 15 heavy (non-hydrogen) atoms. The quantitative estimate of drug-likeness (QED) is 0.814. The highest BCUT2D eigenvalue weighted by Crippen LogP contribution is 2.38. The monoisotopic (exact) mass is 206 g/mol. The van der Waals surface area contributed by atoms with Crippen LogP contribution in [0.1, 0.15) is 19.0 Å². The molecule has 2 atom stereocenters. The molecule has 3 heteroatoms. The van der Waals surface area contributed by atoms with Gasteiger partial charge in [-0.05, 0) is 30.4 Å². The van der Waals surface area contributed by atoms with Crippen LogP contribution in [0.3, 0.4) is 0 Å². The minimum absolute atomic E-state index is 0.0154. The first-order chi connectivity index (χ1) is 7.20. The Labute approximate surface area is 90.8 Å². The van der Waals surface area contributed by atoms with Crippen LogP contribution in [0.15, 0.2) is 18.3 Å². The Morgan fingerprint density at radius 1 is 1.60 bits per heavy atom. The van der Waals surface area contributed by atoms with Crippen LogP contribution < -0.4 is 4.90 Å². The molecule has 0 amide bonds. The maximum Gasteiger partial charge on any atom is 0.0853 e. The first-order valence-electron chi connectivity index (χ1n) is 5.47. The van der Waals surface area contributed by atoms with E-state index in [4.69, 9.17) is 5.11 Å². The van der Waals surface area contributed by atoms with Gasteiger partial charge >= 0.3 is 0 Å². The molecule has 82 valence electrons. The van der Waals surface area contributed by atoms with Crippen molar-refractivity contribution in [1.29, 1.82) is 0 Å². The summed E-state index contributed by atoms with van der Waals surface area (Å²) in [6.07, 6.45) is 3.11. The van der Waals surface area contributed by atoms with Gasteiger partial charge in [0, 0.05) is 25.5 Å². The average Bonchev–Trinajstić information content (AvgIpc) is 2.94. The molecule has 1 aromatic rings. The zero-order valence-corrected chi connectivity index (χ0v) is 9.35. The van der Waals surface area contributed by atoms with Gasteiger partial charge in [0.1, 0.15) is 0 Å². The van der Waals surface area contributed by atoms with Gasteiger partial charge < -0.3 is 10.0 Å². The summed E-state index contributed by atoms with van der Waals surface area (Å²) in [6.45, 7) is 3.42. The molecule has 1 aliphatic rings. The van der Waals surface area contributed by atoms with Gasteiger partial charge in [0.15, 0.2) is 0 Å². The van der Waals surface area contributed by atoms with Gasteiger partial charge in [0.2, 0.25) is 0 Å². The topological polar surface area (TPSA) is 36.4 Å². The normalized spacial score (nSPS) is 23.9. The lowest BCUT2D eigenvalue weighted by Gasteiger charge is -2.19. The van der Waals surface area contributed by atoms with E-state index in [-0.39, 0.29) is 6.61 Å². The molecule has 0 saturated heterocycles. The number of nitrogens with zero attached hydrogens (tertiary/aromatic N) is 2. The number of aliphatic hydroxyl groups is 1. The van der Waals surface area contributed by atoms with Crippen LogP contribution in [-0.4, -0.2) is 23.7 Å². The van der Waals surface area contributed by atoms with Gasteiger partial charge in [-0.3, -0.25) is 4.98 Å².